The molecule has 1 aliphatic heterocycles. The molecule has 1 unspecified atom stereocenters. The van der Waals surface area contributed by atoms with Crippen LogP contribution >= 0.6 is 23.7 Å². The van der Waals surface area contributed by atoms with Crippen molar-refractivity contribution in [2.24, 2.45) is 0 Å². The van der Waals surface area contributed by atoms with Gasteiger partial charge in [-0.1, -0.05) is 6.92 Å². The van der Waals surface area contributed by atoms with Crippen LogP contribution in [0, 0.1) is 0 Å². The summed E-state index contributed by atoms with van der Waals surface area (Å²) in [7, 11) is 0. The van der Waals surface area contributed by atoms with Crippen molar-refractivity contribution in [3.8, 4) is 0 Å². The van der Waals surface area contributed by atoms with Gasteiger partial charge in [0.2, 0.25) is 0 Å². The van der Waals surface area contributed by atoms with Gasteiger partial charge in [-0.05, 0) is 50.3 Å². The minimum atomic E-state index is 0. The highest BCUT2D eigenvalue weighted by molar-refractivity contribution is 7.14. The predicted molar refractivity (Wildman–Crippen MR) is 86.2 cm³/mol. The van der Waals surface area contributed by atoms with Gasteiger partial charge in [0.05, 0.1) is 4.88 Å². The molecule has 0 aromatic carbocycles. The Kier molecular flexibility index (Phi) is 5.47. The second-order valence-corrected chi connectivity index (χ2v) is 6.69. The van der Waals surface area contributed by atoms with Crippen molar-refractivity contribution in [2.75, 3.05) is 19.6 Å². The lowest BCUT2D eigenvalue weighted by Gasteiger charge is -2.27. The third kappa shape index (κ3) is 3.02. The zero-order chi connectivity index (χ0) is 13.2. The first-order valence-corrected chi connectivity index (χ1v) is 8.24. The Morgan fingerprint density at radius 1 is 1.50 bits per heavy atom. The number of nitrogens with zero attached hydrogens (tertiary/aromatic N) is 1. The van der Waals surface area contributed by atoms with Gasteiger partial charge in [0.25, 0.3) is 5.91 Å². The van der Waals surface area contributed by atoms with Gasteiger partial charge in [0, 0.05) is 24.0 Å². The van der Waals surface area contributed by atoms with Crippen LogP contribution in [-0.4, -0.2) is 36.5 Å². The summed E-state index contributed by atoms with van der Waals surface area (Å²) in [5, 5.41) is 3.37. The molecule has 0 bridgehead atoms. The van der Waals surface area contributed by atoms with E-state index in [1.165, 1.54) is 23.3 Å². The fourth-order valence-corrected chi connectivity index (χ4v) is 4.38. The molecular formula is C15H23ClN2OS. The zero-order valence-corrected chi connectivity index (χ0v) is 13.6. The van der Waals surface area contributed by atoms with Gasteiger partial charge < -0.3 is 10.2 Å². The van der Waals surface area contributed by atoms with Crippen LogP contribution in [0.4, 0.5) is 0 Å². The number of halogens is 1. The summed E-state index contributed by atoms with van der Waals surface area (Å²) in [5.74, 6) is 0.259. The van der Waals surface area contributed by atoms with E-state index >= 15 is 0 Å². The van der Waals surface area contributed by atoms with Crippen molar-refractivity contribution in [3.05, 3.63) is 21.4 Å². The molecule has 3 nitrogen and oxygen atoms in total. The number of fused-ring (bicyclic) bond motifs is 1. The molecule has 0 radical (unpaired) electrons. The molecule has 1 N–H and O–H groups in total. The van der Waals surface area contributed by atoms with Gasteiger partial charge in [-0.3, -0.25) is 4.79 Å². The fourth-order valence-electron chi connectivity index (χ4n) is 3.17. The Labute approximate surface area is 131 Å². The first-order chi connectivity index (χ1) is 9.29. The minimum absolute atomic E-state index is 0. The Balaban J connectivity index is 0.00000147. The molecule has 1 aromatic rings. The van der Waals surface area contributed by atoms with Crippen LogP contribution in [0.25, 0.3) is 0 Å². The van der Waals surface area contributed by atoms with Crippen molar-refractivity contribution in [3.63, 3.8) is 0 Å². The molecule has 1 aromatic heterocycles. The van der Waals surface area contributed by atoms with E-state index in [1.54, 1.807) is 11.3 Å². The first-order valence-electron chi connectivity index (χ1n) is 7.43. The van der Waals surface area contributed by atoms with E-state index < -0.39 is 0 Å². The lowest BCUT2D eigenvalue weighted by atomic mass is 10.2. The highest BCUT2D eigenvalue weighted by Crippen LogP contribution is 2.31. The molecule has 3 rings (SSSR count). The molecule has 1 aliphatic carbocycles. The maximum Gasteiger partial charge on any atom is 0.264 e. The van der Waals surface area contributed by atoms with Gasteiger partial charge in [-0.15, -0.1) is 23.7 Å². The van der Waals surface area contributed by atoms with Crippen LogP contribution in [0.1, 0.15) is 46.3 Å². The molecular weight excluding hydrogens is 292 g/mol. The molecule has 1 amide bonds. The molecule has 20 heavy (non-hydrogen) atoms. The summed E-state index contributed by atoms with van der Waals surface area (Å²) < 4.78 is 0. The lowest BCUT2D eigenvalue weighted by Crippen LogP contribution is -2.41. The van der Waals surface area contributed by atoms with E-state index in [0.717, 1.165) is 43.8 Å². The maximum absolute atomic E-state index is 12.7. The normalized spacial score (nSPS) is 20.6. The van der Waals surface area contributed by atoms with E-state index in [0.29, 0.717) is 6.04 Å². The number of rotatable bonds is 4. The molecule has 2 heterocycles. The van der Waals surface area contributed by atoms with Crippen molar-refractivity contribution in [2.45, 2.75) is 45.1 Å². The fraction of sp³-hybridized carbons (Fsp3) is 0.667. The topological polar surface area (TPSA) is 32.3 Å². The van der Waals surface area contributed by atoms with E-state index in [4.69, 9.17) is 0 Å². The van der Waals surface area contributed by atoms with E-state index in [1.807, 2.05) is 0 Å². The van der Waals surface area contributed by atoms with Crippen molar-refractivity contribution in [1.82, 2.24) is 10.2 Å². The van der Waals surface area contributed by atoms with Gasteiger partial charge >= 0.3 is 0 Å². The largest absolute Gasteiger partial charge is 0.334 e. The molecule has 1 fully saturated rings. The zero-order valence-electron chi connectivity index (χ0n) is 12.0. The number of hydrogen-bond acceptors (Lipinski definition) is 3. The molecule has 1 atom stereocenters. The summed E-state index contributed by atoms with van der Waals surface area (Å²) in [5.41, 5.74) is 1.43. The molecule has 1 saturated heterocycles. The predicted octanol–water partition coefficient (Wildman–Crippen LogP) is 2.87. The molecule has 5 heteroatoms. The van der Waals surface area contributed by atoms with Gasteiger partial charge in [0.15, 0.2) is 0 Å². The molecule has 2 aliphatic rings. The lowest BCUT2D eigenvalue weighted by molar-refractivity contribution is 0.0697. The number of thiophene rings is 1. The van der Waals surface area contributed by atoms with Crippen LogP contribution in [0.3, 0.4) is 0 Å². The van der Waals surface area contributed by atoms with Crippen LogP contribution in [-0.2, 0) is 12.8 Å². The highest BCUT2D eigenvalue weighted by atomic mass is 35.5. The monoisotopic (exact) mass is 314 g/mol. The van der Waals surface area contributed by atoms with Gasteiger partial charge in [0.1, 0.15) is 0 Å². The summed E-state index contributed by atoms with van der Waals surface area (Å²) >= 11 is 1.73. The number of carbonyl (C=O) groups is 1. The minimum Gasteiger partial charge on any atom is -0.334 e. The SMILES string of the molecule is CCCN(C(=O)c1cc2c(s1)CCC2)C1CCNC1.Cl. The Bertz CT molecular complexity index is 447. The standard InChI is InChI=1S/C15H22N2OS.ClH/c1-2-8-17(12-6-7-16-10-12)15(18)14-9-11-4-3-5-13(11)19-14;/h9,12,16H,2-8,10H2,1H3;1H. The summed E-state index contributed by atoms with van der Waals surface area (Å²) in [6.45, 7) is 5.03. The second-order valence-electron chi connectivity index (χ2n) is 5.56. The summed E-state index contributed by atoms with van der Waals surface area (Å²) in [6, 6.07) is 2.55. The number of amides is 1. The van der Waals surface area contributed by atoms with Gasteiger partial charge in [-0.2, -0.15) is 0 Å². The number of nitrogens with one attached hydrogen (secondary N) is 1. The van der Waals surface area contributed by atoms with Gasteiger partial charge in [-0.25, -0.2) is 0 Å². The average molecular weight is 315 g/mol. The molecule has 112 valence electrons. The Morgan fingerprint density at radius 2 is 2.35 bits per heavy atom. The first kappa shape index (κ1) is 15.8. The van der Waals surface area contributed by atoms with E-state index in [2.05, 4.69) is 23.2 Å². The average Bonchev–Trinajstić information content (AvgIpc) is 3.09. The molecule has 0 spiro atoms. The summed E-state index contributed by atoms with van der Waals surface area (Å²) in [4.78, 5) is 17.2. The van der Waals surface area contributed by atoms with Crippen LogP contribution in [0.2, 0.25) is 0 Å². The Morgan fingerprint density at radius 3 is 3.00 bits per heavy atom. The number of carbonyl (C=O) groups excluding carboxylic acids is 1. The number of aryl methyl sites for hydroxylation is 2. The van der Waals surface area contributed by atoms with Crippen molar-refractivity contribution < 1.29 is 4.79 Å². The second kappa shape index (κ2) is 6.92. The van der Waals surface area contributed by atoms with E-state index in [-0.39, 0.29) is 18.3 Å². The van der Waals surface area contributed by atoms with Crippen LogP contribution in [0.5, 0.6) is 0 Å². The van der Waals surface area contributed by atoms with E-state index in [9.17, 15) is 4.79 Å². The summed E-state index contributed by atoms with van der Waals surface area (Å²) in [6.07, 6.45) is 5.73. The van der Waals surface area contributed by atoms with Crippen molar-refractivity contribution >= 4 is 29.7 Å². The highest BCUT2D eigenvalue weighted by Gasteiger charge is 2.28. The smallest absolute Gasteiger partial charge is 0.264 e. The maximum atomic E-state index is 12.7. The van der Waals surface area contributed by atoms with Crippen molar-refractivity contribution in [1.29, 1.82) is 0 Å². The third-order valence-corrected chi connectivity index (χ3v) is 5.38. The number of hydrogen-bond donors (Lipinski definition) is 1. The van der Waals surface area contributed by atoms with Crippen LogP contribution in [0.15, 0.2) is 6.07 Å². The Hall–Kier alpha value is -0.580. The quantitative estimate of drug-likeness (QED) is 0.927. The molecule has 0 saturated carbocycles. The van der Waals surface area contributed by atoms with Crippen LogP contribution < -0.4 is 5.32 Å². The third-order valence-electron chi connectivity index (χ3n) is 4.16.